The molecule has 20 N–H and O–H groups in total. The van der Waals surface area contributed by atoms with Gasteiger partial charge in [-0.1, -0.05) is 0 Å². The quantitative estimate of drug-likeness (QED) is 0.134. The fourth-order valence-corrected chi connectivity index (χ4v) is 0.676. The first kappa shape index (κ1) is 40.1. The van der Waals surface area contributed by atoms with Crippen LogP contribution in [0.2, 0.25) is 0 Å². The van der Waals surface area contributed by atoms with Crippen molar-refractivity contribution >= 4 is 14.1 Å². The Morgan fingerprint density at radius 2 is 1.04 bits per heavy atom. The standard InChI is InChI=1S/C6H12O6.C3H8O3.3H3N.H3O4P/c7-1-3(9)5(11)6(12)4(10)2-8;4-1-3(6)2-5;;;;1-5(2,3)4/h1,3-6,8-12H,2H2;3-6H,1-2H2;3*1H3;(H3,1,2,3,4)/t3-,4+,5+,6+;;;;;/m0...../s1. The molecule has 26 heavy (non-hydrogen) atoms. The van der Waals surface area contributed by atoms with E-state index in [1.54, 1.807) is 0 Å². The summed E-state index contributed by atoms with van der Waals surface area (Å²) in [6.45, 7) is -1.49. The van der Waals surface area contributed by atoms with E-state index in [2.05, 4.69) is 0 Å². The molecule has 0 spiro atoms. The van der Waals surface area contributed by atoms with Gasteiger partial charge in [0.1, 0.15) is 30.5 Å². The average molecular weight is 421 g/mol. The molecule has 0 saturated heterocycles. The highest BCUT2D eigenvalue weighted by Gasteiger charge is 2.29. The Balaban J connectivity index is -0.0000000613. The van der Waals surface area contributed by atoms with Gasteiger partial charge < -0.3 is 78.8 Å². The van der Waals surface area contributed by atoms with Crippen molar-refractivity contribution in [1.29, 1.82) is 0 Å². The van der Waals surface area contributed by atoms with E-state index in [-0.39, 0.29) is 38.0 Å². The van der Waals surface area contributed by atoms with Crippen molar-refractivity contribution in [3.63, 3.8) is 0 Å². The minimum atomic E-state index is -4.64. The van der Waals surface area contributed by atoms with Crippen LogP contribution >= 0.6 is 7.82 Å². The molecular weight excluding hydrogens is 389 g/mol. The minimum absolute atomic E-state index is 0. The van der Waals surface area contributed by atoms with Crippen molar-refractivity contribution in [2.24, 2.45) is 0 Å². The summed E-state index contributed by atoms with van der Waals surface area (Å²) in [5.41, 5.74) is 0. The van der Waals surface area contributed by atoms with Crippen molar-refractivity contribution in [1.82, 2.24) is 18.5 Å². The van der Waals surface area contributed by atoms with Crippen molar-refractivity contribution in [2.45, 2.75) is 30.5 Å². The van der Waals surface area contributed by atoms with E-state index in [9.17, 15) is 4.79 Å². The summed E-state index contributed by atoms with van der Waals surface area (Å²) in [6, 6.07) is 0. The largest absolute Gasteiger partial charge is 0.466 e. The highest BCUT2D eigenvalue weighted by atomic mass is 31.2. The second-order valence-corrected chi connectivity index (χ2v) is 4.92. The normalized spacial score (nSPS) is 14.3. The van der Waals surface area contributed by atoms with Gasteiger partial charge in [-0.3, -0.25) is 0 Å². The molecule has 0 aliphatic heterocycles. The van der Waals surface area contributed by atoms with Crippen LogP contribution in [-0.2, 0) is 9.36 Å². The highest BCUT2D eigenvalue weighted by Crippen LogP contribution is 2.25. The van der Waals surface area contributed by atoms with Gasteiger partial charge in [-0.15, -0.1) is 0 Å². The van der Waals surface area contributed by atoms with Crippen LogP contribution in [0.3, 0.4) is 0 Å². The minimum Gasteiger partial charge on any atom is -0.394 e. The molecule has 0 aliphatic rings. The number of hydrogen-bond acceptors (Lipinski definition) is 13. The van der Waals surface area contributed by atoms with Crippen molar-refractivity contribution in [2.75, 3.05) is 19.8 Å². The van der Waals surface area contributed by atoms with E-state index < -0.39 is 44.9 Å². The molecule has 0 aromatic rings. The smallest absolute Gasteiger partial charge is 0.394 e. The Kier molecular flexibility index (Phi) is 34.5. The summed E-state index contributed by atoms with van der Waals surface area (Å²) < 4.78 is 8.88. The number of phosphoric acid groups is 1. The van der Waals surface area contributed by atoms with Gasteiger partial charge in [0.15, 0.2) is 6.29 Å². The monoisotopic (exact) mass is 421 g/mol. The van der Waals surface area contributed by atoms with Gasteiger partial charge in [-0.25, -0.2) is 4.57 Å². The van der Waals surface area contributed by atoms with Crippen LogP contribution in [0.4, 0.5) is 0 Å². The summed E-state index contributed by atoms with van der Waals surface area (Å²) in [4.78, 5) is 31.5. The first-order valence-electron chi connectivity index (χ1n) is 5.82. The molecule has 0 aromatic heterocycles. The van der Waals surface area contributed by atoms with Gasteiger partial charge in [0.25, 0.3) is 0 Å². The third kappa shape index (κ3) is 31.1. The predicted octanol–water partition coefficient (Wildman–Crippen LogP) is -5.49. The fraction of sp³-hybridized carbons (Fsp3) is 0.889. The molecule has 0 unspecified atom stereocenters. The van der Waals surface area contributed by atoms with Crippen LogP contribution in [0.25, 0.3) is 0 Å². The van der Waals surface area contributed by atoms with Crippen LogP contribution < -0.4 is 18.5 Å². The number of aliphatic hydroxyl groups is 8. The summed E-state index contributed by atoms with van der Waals surface area (Å²) in [5.74, 6) is 0. The zero-order valence-electron chi connectivity index (χ0n) is 13.9. The first-order valence-corrected chi connectivity index (χ1v) is 7.38. The number of hydrogen-bond donors (Lipinski definition) is 14. The van der Waals surface area contributed by atoms with Gasteiger partial charge in [0.2, 0.25) is 0 Å². The van der Waals surface area contributed by atoms with Gasteiger partial charge >= 0.3 is 7.82 Å². The lowest BCUT2D eigenvalue weighted by Gasteiger charge is -2.22. The molecule has 0 aromatic carbocycles. The fourth-order valence-electron chi connectivity index (χ4n) is 0.676. The van der Waals surface area contributed by atoms with E-state index in [4.69, 9.17) is 60.1 Å². The van der Waals surface area contributed by atoms with Crippen LogP contribution in [-0.4, -0.2) is 112 Å². The molecular formula is C9H32N3O13P. The summed E-state index contributed by atoms with van der Waals surface area (Å²) >= 11 is 0. The predicted molar refractivity (Wildman–Crippen MR) is 86.7 cm³/mol. The van der Waals surface area contributed by atoms with E-state index in [1.807, 2.05) is 0 Å². The maximum atomic E-state index is 9.90. The van der Waals surface area contributed by atoms with Crippen LogP contribution in [0, 0.1) is 0 Å². The van der Waals surface area contributed by atoms with Gasteiger partial charge in [0, 0.05) is 0 Å². The lowest BCUT2D eigenvalue weighted by molar-refractivity contribution is -0.136. The number of carbonyl (C=O) groups is 1. The molecule has 0 heterocycles. The Bertz CT molecular complexity index is 322. The lowest BCUT2D eigenvalue weighted by Crippen LogP contribution is -2.46. The number of carbonyl (C=O) groups excluding carboxylic acids is 1. The average Bonchev–Trinajstić information content (AvgIpc) is 2.49. The van der Waals surface area contributed by atoms with Gasteiger partial charge in [0.05, 0.1) is 19.8 Å². The third-order valence-electron chi connectivity index (χ3n) is 1.84. The SMILES string of the molecule is N.N.N.O=C[C@H](O)[C@@H](O)[C@H](O)[C@H](O)CO.O=P(O)(O)O.OCC(O)CO. The zero-order valence-corrected chi connectivity index (χ0v) is 14.8. The molecule has 17 heteroatoms. The molecule has 166 valence electrons. The number of rotatable bonds is 7. The van der Waals surface area contributed by atoms with E-state index in [1.165, 1.54) is 0 Å². The molecule has 16 nitrogen and oxygen atoms in total. The molecule has 0 aliphatic carbocycles. The second kappa shape index (κ2) is 22.4. The Morgan fingerprint density at radius 3 is 1.19 bits per heavy atom. The zero-order chi connectivity index (χ0) is 19.2. The second-order valence-electron chi connectivity index (χ2n) is 3.89. The van der Waals surface area contributed by atoms with Crippen molar-refractivity contribution in [3.8, 4) is 0 Å². The van der Waals surface area contributed by atoms with E-state index in [0.29, 0.717) is 0 Å². The highest BCUT2D eigenvalue weighted by molar-refractivity contribution is 7.45. The molecule has 0 fully saturated rings. The number of aldehydes is 1. The van der Waals surface area contributed by atoms with Crippen LogP contribution in [0.1, 0.15) is 0 Å². The van der Waals surface area contributed by atoms with Crippen molar-refractivity contribution < 1.29 is 64.9 Å². The third-order valence-corrected chi connectivity index (χ3v) is 1.84. The maximum absolute atomic E-state index is 9.90. The number of aliphatic hydroxyl groups excluding tert-OH is 8. The molecule has 0 radical (unpaired) electrons. The Labute approximate surface area is 149 Å². The Hall–Kier alpha value is -0.660. The van der Waals surface area contributed by atoms with Gasteiger partial charge in [-0.05, 0) is 0 Å². The molecule has 0 saturated carbocycles. The molecule has 0 amide bonds. The van der Waals surface area contributed by atoms with Gasteiger partial charge in [-0.2, -0.15) is 0 Å². The molecule has 4 atom stereocenters. The van der Waals surface area contributed by atoms with E-state index in [0.717, 1.165) is 0 Å². The van der Waals surface area contributed by atoms with Crippen LogP contribution in [0.15, 0.2) is 0 Å². The van der Waals surface area contributed by atoms with Crippen molar-refractivity contribution in [3.05, 3.63) is 0 Å². The lowest BCUT2D eigenvalue weighted by atomic mass is 10.0. The van der Waals surface area contributed by atoms with E-state index >= 15 is 0 Å². The molecule has 0 bridgehead atoms. The molecule has 0 rings (SSSR count). The Morgan fingerprint density at radius 1 is 0.731 bits per heavy atom. The van der Waals surface area contributed by atoms with Crippen LogP contribution in [0.5, 0.6) is 0 Å². The summed E-state index contributed by atoms with van der Waals surface area (Å²) in [5, 5.41) is 67.6. The maximum Gasteiger partial charge on any atom is 0.466 e. The first-order chi connectivity index (χ1) is 10.3. The topological polar surface area (TPSA) is 362 Å². The summed E-state index contributed by atoms with van der Waals surface area (Å²) in [6.07, 6.45) is -7.79. The summed E-state index contributed by atoms with van der Waals surface area (Å²) in [7, 11) is -4.64.